The lowest BCUT2D eigenvalue weighted by Gasteiger charge is -2.15. The maximum absolute atomic E-state index is 13.3. The van der Waals surface area contributed by atoms with Gasteiger partial charge < -0.3 is 10.6 Å². The minimum absolute atomic E-state index is 0.0900. The zero-order chi connectivity index (χ0) is 22.8. The molecule has 0 aliphatic heterocycles. The van der Waals surface area contributed by atoms with E-state index >= 15 is 0 Å². The van der Waals surface area contributed by atoms with Gasteiger partial charge in [0, 0.05) is 17.5 Å². The van der Waals surface area contributed by atoms with Crippen LogP contribution in [0.5, 0.6) is 0 Å². The van der Waals surface area contributed by atoms with Crippen LogP contribution >= 0.6 is 0 Å². The maximum Gasteiger partial charge on any atom is 0.416 e. The van der Waals surface area contributed by atoms with Gasteiger partial charge >= 0.3 is 12.4 Å². The summed E-state index contributed by atoms with van der Waals surface area (Å²) in [6, 6.07) is 6.66. The molecule has 2 N–H and O–H groups in total. The Morgan fingerprint density at radius 2 is 1.52 bits per heavy atom. The number of anilines is 1. The van der Waals surface area contributed by atoms with Crippen LogP contribution < -0.4 is 10.6 Å². The number of para-hydroxylation sites is 1. The van der Waals surface area contributed by atoms with Gasteiger partial charge in [-0.3, -0.25) is 0 Å². The molecular weight excluding hydrogens is 422 g/mol. The second-order valence-corrected chi connectivity index (χ2v) is 7.05. The quantitative estimate of drug-likeness (QED) is 0.382. The third-order valence-electron chi connectivity index (χ3n) is 4.67. The van der Waals surface area contributed by atoms with Crippen molar-refractivity contribution in [2.45, 2.75) is 25.7 Å². The highest BCUT2D eigenvalue weighted by atomic mass is 19.4. The van der Waals surface area contributed by atoms with E-state index in [1.165, 1.54) is 0 Å². The van der Waals surface area contributed by atoms with Crippen LogP contribution in [-0.4, -0.2) is 30.1 Å². The highest BCUT2D eigenvalue weighted by molar-refractivity contribution is 5.92. The molecule has 0 saturated carbocycles. The Labute approximate surface area is 174 Å². The van der Waals surface area contributed by atoms with Gasteiger partial charge in [-0.25, -0.2) is 9.97 Å². The standard InChI is InChI=1S/C21H20F6N4/c1-12-5-3-6-16-17(12)30-18(31-19(16)29-8-4-7-28-2)13-9-14(20(22,23)24)11-15(10-13)21(25,26)27/h3,5-6,9-11,28H,4,7-8H2,1-2H3,(H,29,30,31). The minimum atomic E-state index is -4.95. The molecule has 0 aliphatic carbocycles. The summed E-state index contributed by atoms with van der Waals surface area (Å²) >= 11 is 0. The molecule has 0 radical (unpaired) electrons. The first-order valence-electron chi connectivity index (χ1n) is 9.46. The van der Waals surface area contributed by atoms with E-state index in [9.17, 15) is 26.3 Å². The van der Waals surface area contributed by atoms with Crippen LogP contribution in [-0.2, 0) is 12.4 Å². The maximum atomic E-state index is 13.3. The van der Waals surface area contributed by atoms with E-state index in [1.54, 1.807) is 32.2 Å². The lowest BCUT2D eigenvalue weighted by atomic mass is 10.0. The Morgan fingerprint density at radius 1 is 0.871 bits per heavy atom. The van der Waals surface area contributed by atoms with E-state index in [-0.39, 0.29) is 17.5 Å². The average molecular weight is 442 g/mol. The highest BCUT2D eigenvalue weighted by Crippen LogP contribution is 2.38. The molecule has 0 amide bonds. The third-order valence-corrected chi connectivity index (χ3v) is 4.67. The number of halogens is 6. The summed E-state index contributed by atoms with van der Waals surface area (Å²) in [5, 5.41) is 6.74. The second-order valence-electron chi connectivity index (χ2n) is 7.05. The van der Waals surface area contributed by atoms with E-state index in [4.69, 9.17) is 0 Å². The largest absolute Gasteiger partial charge is 0.416 e. The molecule has 10 heteroatoms. The predicted molar refractivity (Wildman–Crippen MR) is 107 cm³/mol. The zero-order valence-electron chi connectivity index (χ0n) is 16.7. The molecule has 3 aromatic rings. The van der Waals surface area contributed by atoms with E-state index in [0.717, 1.165) is 18.5 Å². The van der Waals surface area contributed by atoms with Crippen molar-refractivity contribution in [3.8, 4) is 11.4 Å². The third kappa shape index (κ3) is 5.25. The lowest BCUT2D eigenvalue weighted by molar-refractivity contribution is -0.143. The van der Waals surface area contributed by atoms with Gasteiger partial charge in [0.05, 0.1) is 16.6 Å². The van der Waals surface area contributed by atoms with Crippen molar-refractivity contribution in [2.75, 3.05) is 25.5 Å². The molecule has 0 spiro atoms. The summed E-state index contributed by atoms with van der Waals surface area (Å²) in [5.74, 6) is 0.139. The van der Waals surface area contributed by atoms with Crippen molar-refractivity contribution < 1.29 is 26.3 Å². The van der Waals surface area contributed by atoms with Gasteiger partial charge in [0.2, 0.25) is 0 Å². The van der Waals surface area contributed by atoms with Crippen molar-refractivity contribution >= 4 is 16.7 Å². The number of aryl methyl sites for hydroxylation is 1. The van der Waals surface area contributed by atoms with Crippen molar-refractivity contribution in [1.82, 2.24) is 15.3 Å². The summed E-state index contributed by atoms with van der Waals surface area (Å²) in [5.41, 5.74) is -1.99. The molecular formula is C21H20F6N4. The van der Waals surface area contributed by atoms with Gasteiger partial charge in [0.25, 0.3) is 0 Å². The normalized spacial score (nSPS) is 12.4. The van der Waals surface area contributed by atoms with Crippen molar-refractivity contribution in [2.24, 2.45) is 0 Å². The summed E-state index contributed by atoms with van der Waals surface area (Å²) in [4.78, 5) is 8.58. The molecule has 1 heterocycles. The molecule has 0 fully saturated rings. The summed E-state index contributed by atoms with van der Waals surface area (Å²) < 4.78 is 79.6. The Kier molecular flexibility index (Phi) is 6.40. The molecule has 0 bridgehead atoms. The van der Waals surface area contributed by atoms with Gasteiger partial charge in [-0.2, -0.15) is 26.3 Å². The molecule has 1 aromatic heterocycles. The van der Waals surface area contributed by atoms with Crippen LogP contribution in [0.25, 0.3) is 22.3 Å². The smallest absolute Gasteiger partial charge is 0.369 e. The van der Waals surface area contributed by atoms with E-state index in [1.807, 2.05) is 0 Å². The van der Waals surface area contributed by atoms with Crippen LogP contribution in [0.3, 0.4) is 0 Å². The molecule has 0 saturated heterocycles. The van der Waals surface area contributed by atoms with Crippen molar-refractivity contribution in [3.05, 3.63) is 53.1 Å². The van der Waals surface area contributed by atoms with Gasteiger partial charge in [-0.15, -0.1) is 0 Å². The van der Waals surface area contributed by atoms with Gasteiger partial charge in [0.15, 0.2) is 5.82 Å². The number of nitrogens with zero attached hydrogens (tertiary/aromatic N) is 2. The Balaban J connectivity index is 2.19. The Bertz CT molecular complexity index is 1040. The monoisotopic (exact) mass is 442 g/mol. The summed E-state index contributed by atoms with van der Waals surface area (Å²) in [7, 11) is 1.80. The zero-order valence-corrected chi connectivity index (χ0v) is 16.7. The Hall–Kier alpha value is -2.88. The van der Waals surface area contributed by atoms with Gasteiger partial charge in [-0.1, -0.05) is 12.1 Å². The predicted octanol–water partition coefficient (Wildman–Crippen LogP) is 5.66. The van der Waals surface area contributed by atoms with Crippen LogP contribution in [0.4, 0.5) is 32.2 Å². The minimum Gasteiger partial charge on any atom is -0.369 e. The summed E-state index contributed by atoms with van der Waals surface area (Å²) in [6.45, 7) is 3.00. The Morgan fingerprint density at radius 3 is 2.10 bits per heavy atom. The molecule has 4 nitrogen and oxygen atoms in total. The number of rotatable bonds is 6. The van der Waals surface area contributed by atoms with Crippen molar-refractivity contribution in [3.63, 3.8) is 0 Å². The van der Waals surface area contributed by atoms with E-state index in [2.05, 4.69) is 20.6 Å². The number of hydrogen-bond acceptors (Lipinski definition) is 4. The topological polar surface area (TPSA) is 49.8 Å². The van der Waals surface area contributed by atoms with E-state index < -0.39 is 23.5 Å². The highest BCUT2D eigenvalue weighted by Gasteiger charge is 2.37. The molecule has 2 aromatic carbocycles. The molecule has 3 rings (SSSR count). The van der Waals surface area contributed by atoms with Crippen LogP contribution in [0.15, 0.2) is 36.4 Å². The fourth-order valence-electron chi connectivity index (χ4n) is 3.12. The number of nitrogens with one attached hydrogen (secondary N) is 2. The molecule has 0 unspecified atom stereocenters. The number of hydrogen-bond donors (Lipinski definition) is 2. The van der Waals surface area contributed by atoms with E-state index in [0.29, 0.717) is 35.4 Å². The SMILES string of the molecule is CNCCCNc1nc(-c2cc(C(F)(F)F)cc(C(F)(F)F)c2)nc2c(C)cccc12. The van der Waals surface area contributed by atoms with Crippen molar-refractivity contribution in [1.29, 1.82) is 0 Å². The van der Waals surface area contributed by atoms with Crippen LogP contribution in [0.1, 0.15) is 23.1 Å². The average Bonchev–Trinajstić information content (AvgIpc) is 2.70. The number of alkyl halides is 6. The molecule has 31 heavy (non-hydrogen) atoms. The molecule has 0 aliphatic rings. The summed E-state index contributed by atoms with van der Waals surface area (Å²) in [6.07, 6.45) is -9.15. The fraction of sp³-hybridized carbons (Fsp3) is 0.333. The second kappa shape index (κ2) is 8.70. The first kappa shape index (κ1) is 22.8. The number of fused-ring (bicyclic) bond motifs is 1. The first-order valence-corrected chi connectivity index (χ1v) is 9.46. The fourth-order valence-corrected chi connectivity index (χ4v) is 3.12. The molecule has 166 valence electrons. The molecule has 0 atom stereocenters. The first-order chi connectivity index (χ1) is 14.5. The lowest BCUT2D eigenvalue weighted by Crippen LogP contribution is -2.14. The van der Waals surface area contributed by atoms with Crippen LogP contribution in [0.2, 0.25) is 0 Å². The van der Waals surface area contributed by atoms with Gasteiger partial charge in [-0.05, 0) is 56.8 Å². The number of benzene rings is 2. The van der Waals surface area contributed by atoms with Crippen LogP contribution in [0, 0.1) is 6.92 Å². The van der Waals surface area contributed by atoms with Gasteiger partial charge in [0.1, 0.15) is 5.82 Å². The number of aromatic nitrogens is 2.